The van der Waals surface area contributed by atoms with E-state index in [1.165, 1.54) is 6.92 Å². The maximum absolute atomic E-state index is 11.3. The molecule has 0 spiro atoms. The van der Waals surface area contributed by atoms with Crippen molar-refractivity contribution in [1.29, 1.82) is 0 Å². The predicted molar refractivity (Wildman–Crippen MR) is 54.6 cm³/mol. The molecule has 0 radical (unpaired) electrons. The van der Waals surface area contributed by atoms with Crippen LogP contribution in [0.25, 0.3) is 10.8 Å². The van der Waals surface area contributed by atoms with Crippen LogP contribution in [0.3, 0.4) is 0 Å². The molecule has 0 aliphatic rings. The average molecular weight is 187 g/mol. The predicted octanol–water partition coefficient (Wildman–Crippen LogP) is 1.73. The number of aromatic nitrogens is 1. The normalized spacial score (nSPS) is 10.4. The Morgan fingerprint density at radius 1 is 1.29 bits per heavy atom. The van der Waals surface area contributed by atoms with Gasteiger partial charge in [0.1, 0.15) is 0 Å². The van der Waals surface area contributed by atoms with E-state index in [9.17, 15) is 9.59 Å². The molecule has 0 aliphatic carbocycles. The molecule has 2 aromatic rings. The highest BCUT2D eigenvalue weighted by molar-refractivity contribution is 5.98. The number of benzene rings is 1. The molecular weight excluding hydrogens is 178 g/mol. The highest BCUT2D eigenvalue weighted by atomic mass is 16.1. The maximum Gasteiger partial charge on any atom is 0.255 e. The van der Waals surface area contributed by atoms with Crippen LogP contribution < -0.4 is 5.56 Å². The Hall–Kier alpha value is -1.90. The van der Waals surface area contributed by atoms with Gasteiger partial charge >= 0.3 is 0 Å². The molecule has 0 saturated carbocycles. The number of nitrogens with one attached hydrogen (secondary N) is 1. The van der Waals surface area contributed by atoms with Gasteiger partial charge < -0.3 is 4.98 Å². The van der Waals surface area contributed by atoms with E-state index in [0.29, 0.717) is 10.9 Å². The largest absolute Gasteiger partial charge is 0.329 e. The second kappa shape index (κ2) is 3.10. The summed E-state index contributed by atoms with van der Waals surface area (Å²) in [6.45, 7) is 1.51. The Morgan fingerprint density at radius 2 is 2.07 bits per heavy atom. The summed E-state index contributed by atoms with van der Waals surface area (Å²) < 4.78 is 0. The van der Waals surface area contributed by atoms with Gasteiger partial charge in [-0.15, -0.1) is 0 Å². The second-order valence-electron chi connectivity index (χ2n) is 3.17. The van der Waals surface area contributed by atoms with E-state index in [2.05, 4.69) is 4.98 Å². The summed E-state index contributed by atoms with van der Waals surface area (Å²) in [5.74, 6) is 0.00665. The number of carbonyl (C=O) groups is 1. The van der Waals surface area contributed by atoms with Crippen LogP contribution in [0.2, 0.25) is 0 Å². The minimum atomic E-state index is -0.127. The van der Waals surface area contributed by atoms with Gasteiger partial charge in [-0.3, -0.25) is 9.59 Å². The molecule has 0 aliphatic heterocycles. The van der Waals surface area contributed by atoms with Crippen molar-refractivity contribution >= 4 is 16.6 Å². The van der Waals surface area contributed by atoms with Crippen molar-refractivity contribution in [2.75, 3.05) is 0 Å². The number of hydrogen-bond acceptors (Lipinski definition) is 2. The summed E-state index contributed by atoms with van der Waals surface area (Å²) in [5.41, 5.74) is 0.501. The monoisotopic (exact) mass is 187 g/mol. The summed E-state index contributed by atoms with van der Waals surface area (Å²) in [6, 6.07) is 6.85. The third-order valence-electron chi connectivity index (χ3n) is 2.18. The third kappa shape index (κ3) is 1.33. The number of ketones is 1. The number of carbonyl (C=O) groups excluding carboxylic acids is 1. The fraction of sp³-hybridized carbons (Fsp3) is 0.0909. The summed E-state index contributed by atoms with van der Waals surface area (Å²) in [4.78, 5) is 25.0. The summed E-state index contributed by atoms with van der Waals surface area (Å²) in [5, 5.41) is 1.40. The molecule has 3 heteroatoms. The molecule has 1 N–H and O–H groups in total. The lowest BCUT2D eigenvalue weighted by Gasteiger charge is -1.98. The fourth-order valence-electron chi connectivity index (χ4n) is 1.41. The van der Waals surface area contributed by atoms with Crippen LogP contribution in [0.5, 0.6) is 0 Å². The van der Waals surface area contributed by atoms with Crippen LogP contribution in [-0.4, -0.2) is 10.8 Å². The van der Waals surface area contributed by atoms with Crippen molar-refractivity contribution in [2.24, 2.45) is 0 Å². The average Bonchev–Trinajstić information content (AvgIpc) is 2.17. The first-order chi connectivity index (χ1) is 6.68. The van der Waals surface area contributed by atoms with Gasteiger partial charge in [0.15, 0.2) is 5.78 Å². The molecular formula is C11H9NO2. The molecule has 0 atom stereocenters. The standard InChI is InChI=1S/C11H9NO2/c1-7(13)8-2-3-10-9(6-8)4-5-12-11(10)14/h2-6H,1H3,(H,12,14). The van der Waals surface area contributed by atoms with E-state index in [0.717, 1.165) is 5.39 Å². The summed E-state index contributed by atoms with van der Waals surface area (Å²) in [7, 11) is 0. The number of pyridine rings is 1. The minimum Gasteiger partial charge on any atom is -0.329 e. The number of aromatic amines is 1. The lowest BCUT2D eigenvalue weighted by molar-refractivity contribution is 0.101. The van der Waals surface area contributed by atoms with Crippen LogP contribution in [0.1, 0.15) is 17.3 Å². The van der Waals surface area contributed by atoms with Crippen molar-refractivity contribution in [2.45, 2.75) is 6.92 Å². The lowest BCUT2D eigenvalue weighted by Crippen LogP contribution is -2.04. The Balaban J connectivity index is 2.80. The zero-order valence-electron chi connectivity index (χ0n) is 7.70. The number of Topliss-reactive ketones (excluding diaryl/α,β-unsaturated/α-hetero) is 1. The van der Waals surface area contributed by atoms with Gasteiger partial charge in [0.05, 0.1) is 0 Å². The smallest absolute Gasteiger partial charge is 0.255 e. The number of H-pyrrole nitrogens is 1. The molecule has 0 fully saturated rings. The maximum atomic E-state index is 11.3. The van der Waals surface area contributed by atoms with Crippen molar-refractivity contribution in [3.8, 4) is 0 Å². The molecule has 1 aromatic carbocycles. The first-order valence-electron chi connectivity index (χ1n) is 4.31. The van der Waals surface area contributed by atoms with Crippen molar-refractivity contribution in [3.63, 3.8) is 0 Å². The zero-order valence-corrected chi connectivity index (χ0v) is 7.70. The third-order valence-corrected chi connectivity index (χ3v) is 2.18. The topological polar surface area (TPSA) is 49.9 Å². The minimum absolute atomic E-state index is 0.00665. The quantitative estimate of drug-likeness (QED) is 0.691. The summed E-state index contributed by atoms with van der Waals surface area (Å²) in [6.07, 6.45) is 1.58. The molecule has 0 unspecified atom stereocenters. The first kappa shape index (κ1) is 8.69. The van der Waals surface area contributed by atoms with E-state index in [4.69, 9.17) is 0 Å². The summed E-state index contributed by atoms with van der Waals surface area (Å²) >= 11 is 0. The highest BCUT2D eigenvalue weighted by Gasteiger charge is 2.02. The van der Waals surface area contributed by atoms with Crippen molar-refractivity contribution in [3.05, 3.63) is 46.4 Å². The van der Waals surface area contributed by atoms with Gasteiger partial charge in [-0.2, -0.15) is 0 Å². The van der Waals surface area contributed by atoms with Crippen LogP contribution in [0.4, 0.5) is 0 Å². The van der Waals surface area contributed by atoms with Gasteiger partial charge in [0.2, 0.25) is 0 Å². The molecule has 1 heterocycles. The zero-order chi connectivity index (χ0) is 10.1. The molecule has 14 heavy (non-hydrogen) atoms. The molecule has 0 saturated heterocycles. The Morgan fingerprint density at radius 3 is 2.79 bits per heavy atom. The van der Waals surface area contributed by atoms with E-state index < -0.39 is 0 Å². The van der Waals surface area contributed by atoms with E-state index in [1.807, 2.05) is 0 Å². The van der Waals surface area contributed by atoms with E-state index >= 15 is 0 Å². The molecule has 2 rings (SSSR count). The van der Waals surface area contributed by atoms with Gasteiger partial charge in [0.25, 0.3) is 5.56 Å². The lowest BCUT2D eigenvalue weighted by atomic mass is 10.1. The van der Waals surface area contributed by atoms with Crippen LogP contribution in [0.15, 0.2) is 35.3 Å². The first-order valence-corrected chi connectivity index (χ1v) is 4.31. The highest BCUT2D eigenvalue weighted by Crippen LogP contribution is 2.11. The fourth-order valence-corrected chi connectivity index (χ4v) is 1.41. The second-order valence-corrected chi connectivity index (χ2v) is 3.17. The van der Waals surface area contributed by atoms with Gasteiger partial charge in [-0.05, 0) is 30.5 Å². The molecule has 0 bridgehead atoms. The van der Waals surface area contributed by atoms with E-state index in [1.54, 1.807) is 30.5 Å². The van der Waals surface area contributed by atoms with E-state index in [-0.39, 0.29) is 11.3 Å². The van der Waals surface area contributed by atoms with Gasteiger partial charge in [-0.25, -0.2) is 0 Å². The molecule has 1 aromatic heterocycles. The Bertz CT molecular complexity index is 554. The Kier molecular flexibility index (Phi) is 1.93. The number of hydrogen-bond donors (Lipinski definition) is 1. The van der Waals surface area contributed by atoms with Crippen molar-refractivity contribution < 1.29 is 4.79 Å². The molecule has 3 nitrogen and oxygen atoms in total. The van der Waals surface area contributed by atoms with Crippen LogP contribution >= 0.6 is 0 Å². The SMILES string of the molecule is CC(=O)c1ccc2c(=O)[nH]ccc2c1. The van der Waals surface area contributed by atoms with Crippen LogP contribution in [-0.2, 0) is 0 Å². The molecule has 0 amide bonds. The van der Waals surface area contributed by atoms with Gasteiger partial charge in [0, 0.05) is 17.1 Å². The number of rotatable bonds is 1. The van der Waals surface area contributed by atoms with Crippen molar-refractivity contribution in [1.82, 2.24) is 4.98 Å². The Labute approximate surface area is 80.4 Å². The molecule has 70 valence electrons. The van der Waals surface area contributed by atoms with Gasteiger partial charge in [-0.1, -0.05) is 6.07 Å². The number of fused-ring (bicyclic) bond motifs is 1. The van der Waals surface area contributed by atoms with Crippen LogP contribution in [0, 0.1) is 0 Å².